The van der Waals surface area contributed by atoms with Gasteiger partial charge in [0.2, 0.25) is 0 Å². The lowest BCUT2D eigenvalue weighted by molar-refractivity contribution is 1.29. The maximum Gasteiger partial charge on any atom is 0.187 e. The molecular formula is C60H33N5S2. The number of hydrogen-bond acceptors (Lipinski definition) is 5. The van der Waals surface area contributed by atoms with Gasteiger partial charge in [0.15, 0.2) is 5.69 Å². The molecule has 0 saturated heterocycles. The molecule has 0 bridgehead atoms. The third-order valence-electron chi connectivity index (χ3n) is 13.5. The molecule has 0 radical (unpaired) electrons. The molecule has 14 aromatic rings. The van der Waals surface area contributed by atoms with Gasteiger partial charge >= 0.3 is 0 Å². The highest BCUT2D eigenvalue weighted by Crippen LogP contribution is 2.50. The molecule has 0 N–H and O–H groups in total. The Hall–Kier alpha value is -8.72. The van der Waals surface area contributed by atoms with Gasteiger partial charge in [-0.3, -0.25) is 0 Å². The molecule has 0 aliphatic carbocycles. The molecule has 4 aromatic heterocycles. The van der Waals surface area contributed by atoms with Crippen molar-refractivity contribution >= 4 is 152 Å². The minimum atomic E-state index is 0.614. The van der Waals surface area contributed by atoms with E-state index in [1.165, 1.54) is 78.2 Å². The fourth-order valence-corrected chi connectivity index (χ4v) is 13.0. The molecule has 4 heterocycles. The quantitative estimate of drug-likeness (QED) is 0.156. The standard InChI is InChI=1S/C60H33N5S2/c1-62-38-23-28-40(29-24-38)63(52-16-8-13-46-44-10-3-6-18-55(44)66-59(46)52)41-27-22-37-32-50-43-31-30-42(34-54(43)65-51-15-5-2-12-48(51)57(58(50)65)49(37)33-41)64(39-25-20-36(35-61)21-26-39)53-17-9-14-47-45-11-4-7-19-56(45)67-60(47)53/h2-34H. The maximum absolute atomic E-state index is 9.78. The molecule has 0 amide bonds. The first-order valence-corrected chi connectivity index (χ1v) is 23.8. The fraction of sp³-hybridized carbons (Fsp3) is 0. The van der Waals surface area contributed by atoms with Gasteiger partial charge in [-0.15, -0.1) is 22.7 Å². The van der Waals surface area contributed by atoms with Crippen molar-refractivity contribution in [1.29, 1.82) is 5.26 Å². The van der Waals surface area contributed by atoms with Crippen LogP contribution >= 0.6 is 22.7 Å². The number of thiophene rings is 2. The maximum atomic E-state index is 9.78. The molecule has 14 rings (SSSR count). The van der Waals surface area contributed by atoms with Crippen molar-refractivity contribution in [2.45, 2.75) is 0 Å². The lowest BCUT2D eigenvalue weighted by atomic mass is 9.99. The largest absolute Gasteiger partial charge is 0.309 e. The number of hydrogen-bond donors (Lipinski definition) is 0. The first-order valence-electron chi connectivity index (χ1n) is 22.2. The van der Waals surface area contributed by atoms with Gasteiger partial charge in [-0.1, -0.05) is 103 Å². The predicted octanol–water partition coefficient (Wildman–Crippen LogP) is 18.1. The zero-order chi connectivity index (χ0) is 44.3. The highest BCUT2D eigenvalue weighted by molar-refractivity contribution is 7.26. The summed E-state index contributed by atoms with van der Waals surface area (Å²) in [5.41, 5.74) is 11.0. The second-order valence-corrected chi connectivity index (χ2v) is 19.2. The van der Waals surface area contributed by atoms with Gasteiger partial charge in [0.05, 0.1) is 55.5 Å². The van der Waals surface area contributed by atoms with Crippen LogP contribution in [0.15, 0.2) is 200 Å². The van der Waals surface area contributed by atoms with Gasteiger partial charge in [-0.2, -0.15) is 5.26 Å². The molecule has 0 aliphatic heterocycles. The van der Waals surface area contributed by atoms with Crippen molar-refractivity contribution < 1.29 is 0 Å². The molecule has 5 nitrogen and oxygen atoms in total. The number of benzene rings is 10. The SMILES string of the molecule is [C-]#[N+]c1ccc(N(c2ccc3cc4c5ccc(N(c6ccc(C#N)cc6)c6cccc7c6sc6ccccc67)cc5n5c6ccccc6c(c3c2)c45)c2cccc3c2sc2ccccc23)cc1. The molecule has 0 unspecified atom stereocenters. The summed E-state index contributed by atoms with van der Waals surface area (Å²) in [5, 5.41) is 21.9. The molecule has 67 heavy (non-hydrogen) atoms. The molecule has 0 fully saturated rings. The van der Waals surface area contributed by atoms with Crippen molar-refractivity contribution in [3.63, 3.8) is 0 Å². The molecule has 7 heteroatoms. The van der Waals surface area contributed by atoms with Crippen LogP contribution in [0.25, 0.3) is 94.1 Å². The summed E-state index contributed by atoms with van der Waals surface area (Å²) in [6, 6.07) is 73.7. The number of rotatable bonds is 6. The van der Waals surface area contributed by atoms with Gasteiger partial charge in [0.1, 0.15) is 0 Å². The van der Waals surface area contributed by atoms with Crippen LogP contribution in [-0.4, -0.2) is 4.40 Å². The Labute approximate surface area is 392 Å². The van der Waals surface area contributed by atoms with Crippen molar-refractivity contribution in [3.8, 4) is 6.07 Å². The zero-order valence-corrected chi connectivity index (χ0v) is 37.2. The highest BCUT2D eigenvalue weighted by Gasteiger charge is 2.25. The number of para-hydroxylation sites is 1. The third-order valence-corrected chi connectivity index (χ3v) is 15.9. The summed E-state index contributed by atoms with van der Waals surface area (Å²) < 4.78 is 7.42. The smallest absolute Gasteiger partial charge is 0.187 e. The minimum Gasteiger partial charge on any atom is -0.309 e. The number of aromatic nitrogens is 1. The van der Waals surface area contributed by atoms with Gasteiger partial charge in [-0.05, 0) is 108 Å². The Balaban J connectivity index is 1.02. The van der Waals surface area contributed by atoms with E-state index >= 15 is 0 Å². The summed E-state index contributed by atoms with van der Waals surface area (Å²) in [5.74, 6) is 0. The van der Waals surface area contributed by atoms with Crippen LogP contribution in [0.5, 0.6) is 0 Å². The highest BCUT2D eigenvalue weighted by atomic mass is 32.1. The van der Waals surface area contributed by atoms with Crippen LogP contribution in [0.2, 0.25) is 0 Å². The monoisotopic (exact) mass is 887 g/mol. The molecule has 10 aromatic carbocycles. The molecule has 0 atom stereocenters. The Morgan fingerprint density at radius 1 is 0.448 bits per heavy atom. The van der Waals surface area contributed by atoms with Crippen molar-refractivity contribution in [2.75, 3.05) is 9.80 Å². The van der Waals surface area contributed by atoms with Crippen LogP contribution in [0, 0.1) is 17.9 Å². The topological polar surface area (TPSA) is 39.0 Å². The molecule has 310 valence electrons. The second-order valence-electron chi connectivity index (χ2n) is 17.1. The minimum absolute atomic E-state index is 0.614. The lowest BCUT2D eigenvalue weighted by Crippen LogP contribution is -2.10. The van der Waals surface area contributed by atoms with Gasteiger partial charge in [-0.25, -0.2) is 4.85 Å². The van der Waals surface area contributed by atoms with E-state index in [1.54, 1.807) is 0 Å². The van der Waals surface area contributed by atoms with Crippen molar-refractivity contribution in [1.82, 2.24) is 4.40 Å². The van der Waals surface area contributed by atoms with E-state index in [0.29, 0.717) is 11.3 Å². The van der Waals surface area contributed by atoms with Gasteiger partial charge in [0, 0.05) is 75.2 Å². The Morgan fingerprint density at radius 2 is 1.00 bits per heavy atom. The van der Waals surface area contributed by atoms with Crippen LogP contribution < -0.4 is 9.80 Å². The van der Waals surface area contributed by atoms with E-state index in [1.807, 2.05) is 46.9 Å². The first kappa shape index (κ1) is 37.6. The predicted molar refractivity (Wildman–Crippen MR) is 285 cm³/mol. The van der Waals surface area contributed by atoms with Crippen molar-refractivity contribution in [3.05, 3.63) is 217 Å². The van der Waals surface area contributed by atoms with Crippen LogP contribution in [0.4, 0.5) is 39.8 Å². The summed E-state index contributed by atoms with van der Waals surface area (Å²) >= 11 is 3.64. The normalized spacial score (nSPS) is 11.9. The average molecular weight is 888 g/mol. The number of fused-ring (bicyclic) bond motifs is 14. The van der Waals surface area contributed by atoms with Crippen LogP contribution in [0.3, 0.4) is 0 Å². The Kier molecular flexibility index (Phi) is 8.08. The van der Waals surface area contributed by atoms with E-state index in [4.69, 9.17) is 6.57 Å². The summed E-state index contributed by atoms with van der Waals surface area (Å²) in [6.45, 7) is 7.70. The van der Waals surface area contributed by atoms with E-state index in [9.17, 15) is 5.26 Å². The summed E-state index contributed by atoms with van der Waals surface area (Å²) in [7, 11) is 0. The number of anilines is 6. The van der Waals surface area contributed by atoms with E-state index < -0.39 is 0 Å². The van der Waals surface area contributed by atoms with E-state index in [2.05, 4.69) is 201 Å². The molecule has 0 aliphatic rings. The summed E-state index contributed by atoms with van der Waals surface area (Å²) in [6.07, 6.45) is 0. The zero-order valence-electron chi connectivity index (χ0n) is 35.6. The van der Waals surface area contributed by atoms with Gasteiger partial charge in [0.25, 0.3) is 0 Å². The molecular weight excluding hydrogens is 855 g/mol. The number of nitriles is 1. The van der Waals surface area contributed by atoms with E-state index in [0.717, 1.165) is 45.2 Å². The number of nitrogens with zero attached hydrogens (tertiary/aromatic N) is 5. The average Bonchev–Trinajstić information content (AvgIpc) is 4.14. The first-order chi connectivity index (χ1) is 33.1. The van der Waals surface area contributed by atoms with E-state index in [-0.39, 0.29) is 0 Å². The van der Waals surface area contributed by atoms with Crippen molar-refractivity contribution in [2.24, 2.45) is 0 Å². The Bertz CT molecular complexity index is 4230. The summed E-state index contributed by atoms with van der Waals surface area (Å²) in [4.78, 5) is 8.44. The third kappa shape index (κ3) is 5.51. The van der Waals surface area contributed by atoms with Crippen LogP contribution in [-0.2, 0) is 0 Å². The van der Waals surface area contributed by atoms with Gasteiger partial charge < -0.3 is 14.2 Å². The fourth-order valence-electron chi connectivity index (χ4n) is 10.6. The van der Waals surface area contributed by atoms with Crippen LogP contribution in [0.1, 0.15) is 5.56 Å². The molecule has 0 saturated carbocycles. The Morgan fingerprint density at radius 3 is 1.64 bits per heavy atom. The lowest BCUT2D eigenvalue weighted by Gasteiger charge is -2.26. The second kappa shape index (κ2) is 14.4. The molecule has 0 spiro atoms.